The molecule has 0 heterocycles. The van der Waals surface area contributed by atoms with E-state index < -0.39 is 30.4 Å². The highest BCUT2D eigenvalue weighted by Gasteiger charge is 2.19. The number of benzene rings is 2. The van der Waals surface area contributed by atoms with Crippen LogP contribution in [0.25, 0.3) is 0 Å². The van der Waals surface area contributed by atoms with E-state index in [4.69, 9.17) is 4.74 Å². The molecule has 1 amide bonds. The highest BCUT2D eigenvalue weighted by Crippen LogP contribution is 2.21. The van der Waals surface area contributed by atoms with Crippen LogP contribution in [0.3, 0.4) is 0 Å². The summed E-state index contributed by atoms with van der Waals surface area (Å²) < 4.78 is 14.4. The summed E-state index contributed by atoms with van der Waals surface area (Å²) in [5.41, 5.74) is 1.21. The van der Waals surface area contributed by atoms with E-state index in [0.717, 1.165) is 5.56 Å². The van der Waals surface area contributed by atoms with E-state index in [1.54, 1.807) is 0 Å². The van der Waals surface area contributed by atoms with Crippen molar-refractivity contribution in [2.24, 2.45) is 0 Å². The average Bonchev–Trinajstić information content (AvgIpc) is 2.77. The SMILES string of the molecule is COC(=O)c1ccc(C(=O)OC)c(NC(=O)COC(=O)C[C@H](C)c2ccccc2)c1. The molecule has 0 unspecified atom stereocenters. The van der Waals surface area contributed by atoms with E-state index in [-0.39, 0.29) is 29.2 Å². The van der Waals surface area contributed by atoms with E-state index in [2.05, 4.69) is 14.8 Å². The molecule has 0 aromatic heterocycles. The fourth-order valence-electron chi connectivity index (χ4n) is 2.72. The molecule has 0 spiro atoms. The zero-order valence-electron chi connectivity index (χ0n) is 17.0. The second-order valence-corrected chi connectivity index (χ2v) is 6.47. The van der Waals surface area contributed by atoms with E-state index in [9.17, 15) is 19.2 Å². The van der Waals surface area contributed by atoms with Crippen molar-refractivity contribution in [1.29, 1.82) is 0 Å². The molecule has 2 aromatic rings. The number of amides is 1. The number of rotatable bonds is 8. The van der Waals surface area contributed by atoms with Crippen LogP contribution in [-0.4, -0.2) is 44.6 Å². The smallest absolute Gasteiger partial charge is 0.339 e. The van der Waals surface area contributed by atoms with Crippen molar-refractivity contribution in [2.75, 3.05) is 26.1 Å². The lowest BCUT2D eigenvalue weighted by atomic mass is 9.98. The predicted octanol–water partition coefficient (Wildman–Crippen LogP) is 2.94. The van der Waals surface area contributed by atoms with Crippen molar-refractivity contribution in [2.45, 2.75) is 19.3 Å². The number of carbonyl (C=O) groups excluding carboxylic acids is 4. The van der Waals surface area contributed by atoms with Gasteiger partial charge >= 0.3 is 17.9 Å². The maximum Gasteiger partial charge on any atom is 0.339 e. The Morgan fingerprint density at radius 2 is 1.60 bits per heavy atom. The Labute approximate surface area is 174 Å². The first-order valence-corrected chi connectivity index (χ1v) is 9.16. The van der Waals surface area contributed by atoms with Gasteiger partial charge in [-0.3, -0.25) is 9.59 Å². The number of anilines is 1. The molecule has 0 bridgehead atoms. The van der Waals surface area contributed by atoms with Crippen LogP contribution in [-0.2, 0) is 23.8 Å². The van der Waals surface area contributed by atoms with Gasteiger partial charge in [0, 0.05) is 0 Å². The molecule has 0 saturated heterocycles. The largest absolute Gasteiger partial charge is 0.465 e. The zero-order chi connectivity index (χ0) is 22.1. The van der Waals surface area contributed by atoms with Gasteiger partial charge in [0.1, 0.15) is 0 Å². The van der Waals surface area contributed by atoms with Gasteiger partial charge in [0.2, 0.25) is 0 Å². The summed E-state index contributed by atoms with van der Waals surface area (Å²) in [5.74, 6) is -2.59. The van der Waals surface area contributed by atoms with Crippen molar-refractivity contribution >= 4 is 29.5 Å². The molecule has 158 valence electrons. The van der Waals surface area contributed by atoms with Crippen molar-refractivity contribution in [3.63, 3.8) is 0 Å². The van der Waals surface area contributed by atoms with Gasteiger partial charge < -0.3 is 19.5 Å². The minimum Gasteiger partial charge on any atom is -0.465 e. The molecule has 0 aliphatic heterocycles. The fraction of sp³-hybridized carbons (Fsp3) is 0.273. The number of esters is 3. The topological polar surface area (TPSA) is 108 Å². The molecular weight excluding hydrogens is 390 g/mol. The zero-order valence-corrected chi connectivity index (χ0v) is 17.0. The lowest BCUT2D eigenvalue weighted by Gasteiger charge is -2.13. The molecule has 0 saturated carbocycles. The van der Waals surface area contributed by atoms with Gasteiger partial charge in [-0.25, -0.2) is 9.59 Å². The predicted molar refractivity (Wildman–Crippen MR) is 108 cm³/mol. The first kappa shape index (κ1) is 22.6. The van der Waals surface area contributed by atoms with Crippen LogP contribution in [0, 0.1) is 0 Å². The summed E-state index contributed by atoms with van der Waals surface area (Å²) >= 11 is 0. The van der Waals surface area contributed by atoms with Gasteiger partial charge in [0.05, 0.1) is 37.5 Å². The fourth-order valence-corrected chi connectivity index (χ4v) is 2.72. The Kier molecular flexibility index (Phi) is 8.10. The van der Waals surface area contributed by atoms with Gasteiger partial charge in [-0.15, -0.1) is 0 Å². The molecule has 30 heavy (non-hydrogen) atoms. The molecule has 1 N–H and O–H groups in total. The number of carbonyl (C=O) groups is 4. The number of methoxy groups -OCH3 is 2. The molecule has 0 aliphatic carbocycles. The summed E-state index contributed by atoms with van der Waals surface area (Å²) in [6.45, 7) is 1.35. The molecule has 1 atom stereocenters. The van der Waals surface area contributed by atoms with E-state index in [1.165, 1.54) is 32.4 Å². The molecule has 8 heteroatoms. The van der Waals surface area contributed by atoms with Crippen LogP contribution in [0.15, 0.2) is 48.5 Å². The lowest BCUT2D eigenvalue weighted by Crippen LogP contribution is -2.23. The molecule has 0 aliphatic rings. The number of nitrogens with one attached hydrogen (secondary N) is 1. The van der Waals surface area contributed by atoms with Gasteiger partial charge in [0.25, 0.3) is 5.91 Å². The molecular formula is C22H23NO7. The molecule has 2 aromatic carbocycles. The number of ether oxygens (including phenoxy) is 3. The third-order valence-corrected chi connectivity index (χ3v) is 4.33. The maximum atomic E-state index is 12.2. The summed E-state index contributed by atoms with van der Waals surface area (Å²) in [5, 5.41) is 2.46. The van der Waals surface area contributed by atoms with Gasteiger partial charge in [0.15, 0.2) is 6.61 Å². The highest BCUT2D eigenvalue weighted by atomic mass is 16.5. The van der Waals surface area contributed by atoms with Crippen molar-refractivity contribution in [3.8, 4) is 0 Å². The van der Waals surface area contributed by atoms with Gasteiger partial charge in [-0.1, -0.05) is 37.3 Å². The van der Waals surface area contributed by atoms with Gasteiger partial charge in [-0.05, 0) is 29.7 Å². The summed E-state index contributed by atoms with van der Waals surface area (Å²) in [7, 11) is 2.41. The third-order valence-electron chi connectivity index (χ3n) is 4.33. The lowest BCUT2D eigenvalue weighted by molar-refractivity contribution is -0.147. The first-order valence-electron chi connectivity index (χ1n) is 9.16. The minimum atomic E-state index is -0.699. The molecule has 0 radical (unpaired) electrons. The summed E-state index contributed by atoms with van der Waals surface area (Å²) in [6.07, 6.45) is 0.114. The van der Waals surface area contributed by atoms with Crippen molar-refractivity contribution in [1.82, 2.24) is 0 Å². The Balaban J connectivity index is 2.00. The second-order valence-electron chi connectivity index (χ2n) is 6.47. The van der Waals surface area contributed by atoms with Gasteiger partial charge in [-0.2, -0.15) is 0 Å². The second kappa shape index (κ2) is 10.8. The van der Waals surface area contributed by atoms with Crippen LogP contribution in [0.1, 0.15) is 45.5 Å². The minimum absolute atomic E-state index is 0.0440. The average molecular weight is 413 g/mol. The normalized spacial score (nSPS) is 11.2. The maximum absolute atomic E-state index is 12.2. The molecule has 0 fully saturated rings. The number of hydrogen-bond acceptors (Lipinski definition) is 7. The Morgan fingerprint density at radius 3 is 2.23 bits per heavy atom. The standard InChI is InChI=1S/C22H23NO7/c1-14(15-7-5-4-6-8-15)11-20(25)30-13-19(24)23-18-12-16(21(26)28-2)9-10-17(18)22(27)29-3/h4-10,12,14H,11,13H2,1-3H3,(H,23,24)/t14-/m0/s1. The van der Waals surface area contributed by atoms with Crippen LogP contribution in [0.4, 0.5) is 5.69 Å². The Hall–Kier alpha value is -3.68. The van der Waals surface area contributed by atoms with Crippen LogP contribution >= 0.6 is 0 Å². The summed E-state index contributed by atoms with van der Waals surface area (Å²) in [6, 6.07) is 13.5. The van der Waals surface area contributed by atoms with Crippen molar-refractivity contribution < 1.29 is 33.4 Å². The van der Waals surface area contributed by atoms with Crippen LogP contribution < -0.4 is 5.32 Å². The Morgan fingerprint density at radius 1 is 0.933 bits per heavy atom. The molecule has 2 rings (SSSR count). The quantitative estimate of drug-likeness (QED) is 0.524. The summed E-state index contributed by atoms with van der Waals surface area (Å²) in [4.78, 5) is 47.9. The van der Waals surface area contributed by atoms with Crippen LogP contribution in [0.2, 0.25) is 0 Å². The molecule has 8 nitrogen and oxygen atoms in total. The van der Waals surface area contributed by atoms with Crippen molar-refractivity contribution in [3.05, 3.63) is 65.2 Å². The Bertz CT molecular complexity index is 924. The monoisotopic (exact) mass is 413 g/mol. The van der Waals surface area contributed by atoms with E-state index in [1.807, 2.05) is 37.3 Å². The first-order chi connectivity index (χ1) is 14.3. The van der Waals surface area contributed by atoms with E-state index in [0.29, 0.717) is 0 Å². The number of hydrogen-bond donors (Lipinski definition) is 1. The van der Waals surface area contributed by atoms with E-state index >= 15 is 0 Å². The van der Waals surface area contributed by atoms with Crippen LogP contribution in [0.5, 0.6) is 0 Å². The third kappa shape index (κ3) is 6.16. The highest BCUT2D eigenvalue weighted by molar-refractivity contribution is 6.04.